The van der Waals surface area contributed by atoms with Crippen LogP contribution in [-0.4, -0.2) is 0 Å². The van der Waals surface area contributed by atoms with Crippen molar-refractivity contribution < 1.29 is 0 Å². The van der Waals surface area contributed by atoms with Gasteiger partial charge in [0.05, 0.1) is 11.4 Å². The first kappa shape index (κ1) is 29.4. The molecule has 0 aliphatic heterocycles. The Morgan fingerprint density at radius 1 is 0.462 bits per heavy atom. The van der Waals surface area contributed by atoms with Gasteiger partial charge in [0.25, 0.3) is 0 Å². The quantitative estimate of drug-likeness (QED) is 0.169. The SMILES string of the molecule is CC1(C)c2ccccc2-c2ccc(N(c3cccc4c3-c3ccccc3C43C4CC5CC(C4)CC3C5)c3cc4ccccc4c4ccccc34)cc21. The molecular weight excluding hydrogens is 627 g/mol. The van der Waals surface area contributed by atoms with Crippen molar-refractivity contribution in [3.05, 3.63) is 162 Å². The number of rotatable bonds is 3. The summed E-state index contributed by atoms with van der Waals surface area (Å²) in [5.74, 6) is 3.31. The summed E-state index contributed by atoms with van der Waals surface area (Å²) in [5.41, 5.74) is 15.5. The van der Waals surface area contributed by atoms with Gasteiger partial charge in [0.2, 0.25) is 0 Å². The van der Waals surface area contributed by atoms with Crippen LogP contribution in [0.25, 0.3) is 43.8 Å². The fourth-order valence-electron chi connectivity index (χ4n) is 12.8. The first-order valence-corrected chi connectivity index (χ1v) is 19.7. The molecule has 6 aliphatic carbocycles. The molecule has 7 aromatic carbocycles. The smallest absolute Gasteiger partial charge is 0.0546 e. The fourth-order valence-corrected chi connectivity index (χ4v) is 12.8. The van der Waals surface area contributed by atoms with Crippen LogP contribution in [0.4, 0.5) is 17.1 Å². The molecule has 1 spiro atoms. The van der Waals surface area contributed by atoms with Gasteiger partial charge in [-0.2, -0.15) is 0 Å². The summed E-state index contributed by atoms with van der Waals surface area (Å²) < 4.78 is 0. The zero-order valence-electron chi connectivity index (χ0n) is 30.1. The molecule has 6 aliphatic rings. The van der Waals surface area contributed by atoms with Crippen LogP contribution < -0.4 is 4.90 Å². The second kappa shape index (κ2) is 10.3. The standard InChI is InChI=1S/C51H43N/c1-50(2)43-18-9-7-15-39(43)40-23-22-36(30-46(40)50)52(48-29-33-12-3-4-13-37(33)38-14-5-6-16-41(38)48)47-21-11-20-45-49(47)42-17-8-10-19-44(42)51(45)34-25-31-24-32(27-34)28-35(51)26-31/h3-23,29-32,34-35H,24-28H2,1-2H3. The Hall–Kier alpha value is -5.14. The second-order valence-electron chi connectivity index (χ2n) is 17.3. The van der Waals surface area contributed by atoms with E-state index < -0.39 is 0 Å². The molecule has 0 aromatic heterocycles. The summed E-state index contributed by atoms with van der Waals surface area (Å²) >= 11 is 0. The van der Waals surface area contributed by atoms with E-state index in [2.05, 4.69) is 158 Å². The molecule has 4 bridgehead atoms. The summed E-state index contributed by atoms with van der Waals surface area (Å²) in [6, 6.07) is 53.8. The summed E-state index contributed by atoms with van der Waals surface area (Å²) in [5, 5.41) is 5.18. The second-order valence-corrected chi connectivity index (χ2v) is 17.3. The van der Waals surface area contributed by atoms with Gasteiger partial charge in [-0.15, -0.1) is 0 Å². The van der Waals surface area contributed by atoms with Gasteiger partial charge in [0.1, 0.15) is 0 Å². The molecule has 252 valence electrons. The lowest BCUT2D eigenvalue weighted by molar-refractivity contribution is -0.0399. The van der Waals surface area contributed by atoms with E-state index in [1.807, 2.05) is 0 Å². The number of nitrogens with zero attached hydrogens (tertiary/aromatic N) is 1. The number of hydrogen-bond acceptors (Lipinski definition) is 1. The maximum atomic E-state index is 2.65. The molecule has 52 heavy (non-hydrogen) atoms. The monoisotopic (exact) mass is 669 g/mol. The average molecular weight is 670 g/mol. The van der Waals surface area contributed by atoms with Gasteiger partial charge in [-0.25, -0.2) is 0 Å². The molecule has 0 radical (unpaired) electrons. The highest BCUT2D eigenvalue weighted by Gasteiger charge is 2.62. The van der Waals surface area contributed by atoms with E-state index >= 15 is 0 Å². The number of benzene rings is 7. The van der Waals surface area contributed by atoms with Crippen molar-refractivity contribution >= 4 is 38.6 Å². The van der Waals surface area contributed by atoms with Crippen LogP contribution >= 0.6 is 0 Å². The molecule has 13 rings (SSSR count). The van der Waals surface area contributed by atoms with Gasteiger partial charge in [-0.05, 0) is 135 Å². The van der Waals surface area contributed by atoms with Crippen molar-refractivity contribution in [2.45, 2.75) is 56.8 Å². The van der Waals surface area contributed by atoms with Crippen LogP contribution in [-0.2, 0) is 10.8 Å². The molecular formula is C51H43N. The predicted octanol–water partition coefficient (Wildman–Crippen LogP) is 13.5. The number of hydrogen-bond donors (Lipinski definition) is 0. The average Bonchev–Trinajstić information content (AvgIpc) is 3.60. The molecule has 0 unspecified atom stereocenters. The minimum Gasteiger partial charge on any atom is -0.309 e. The Balaban J connectivity index is 1.17. The Kier molecular flexibility index (Phi) is 5.81. The van der Waals surface area contributed by atoms with Crippen molar-refractivity contribution in [2.24, 2.45) is 23.7 Å². The molecule has 0 amide bonds. The highest BCUT2D eigenvalue weighted by molar-refractivity contribution is 6.15. The minimum absolute atomic E-state index is 0.0886. The predicted molar refractivity (Wildman–Crippen MR) is 217 cm³/mol. The molecule has 0 N–H and O–H groups in total. The van der Waals surface area contributed by atoms with Gasteiger partial charge in [0.15, 0.2) is 0 Å². The van der Waals surface area contributed by atoms with Crippen LogP contribution in [0.15, 0.2) is 140 Å². The minimum atomic E-state index is -0.0886. The van der Waals surface area contributed by atoms with E-state index in [1.54, 1.807) is 11.1 Å². The third-order valence-electron chi connectivity index (χ3n) is 14.6. The van der Waals surface area contributed by atoms with Crippen LogP contribution in [0.3, 0.4) is 0 Å². The van der Waals surface area contributed by atoms with Gasteiger partial charge in [0, 0.05) is 27.5 Å². The lowest BCUT2D eigenvalue weighted by Crippen LogP contribution is -2.55. The lowest BCUT2D eigenvalue weighted by Gasteiger charge is -2.61. The van der Waals surface area contributed by atoms with E-state index in [1.165, 1.54) is 104 Å². The molecule has 4 fully saturated rings. The third kappa shape index (κ3) is 3.65. The van der Waals surface area contributed by atoms with Crippen molar-refractivity contribution in [1.82, 2.24) is 0 Å². The lowest BCUT2D eigenvalue weighted by atomic mass is 9.43. The topological polar surface area (TPSA) is 3.24 Å². The van der Waals surface area contributed by atoms with Crippen LogP contribution in [0, 0.1) is 23.7 Å². The molecule has 1 nitrogen and oxygen atoms in total. The molecule has 0 heterocycles. The highest BCUT2D eigenvalue weighted by atomic mass is 15.1. The Bertz CT molecular complexity index is 2610. The summed E-state index contributed by atoms with van der Waals surface area (Å²) in [6.07, 6.45) is 7.04. The van der Waals surface area contributed by atoms with E-state index in [0.29, 0.717) is 0 Å². The van der Waals surface area contributed by atoms with E-state index in [0.717, 1.165) is 23.7 Å². The summed E-state index contributed by atoms with van der Waals surface area (Å²) in [4.78, 5) is 2.65. The zero-order chi connectivity index (χ0) is 34.3. The molecule has 7 aromatic rings. The van der Waals surface area contributed by atoms with Crippen LogP contribution in [0.1, 0.15) is 68.2 Å². The van der Waals surface area contributed by atoms with Gasteiger partial charge < -0.3 is 4.90 Å². The molecule has 0 atom stereocenters. The maximum absolute atomic E-state index is 2.65. The molecule has 1 heteroatoms. The molecule has 0 saturated heterocycles. The van der Waals surface area contributed by atoms with E-state index in [4.69, 9.17) is 0 Å². The largest absolute Gasteiger partial charge is 0.309 e. The highest BCUT2D eigenvalue weighted by Crippen LogP contribution is 2.70. The van der Waals surface area contributed by atoms with Crippen molar-refractivity contribution in [3.8, 4) is 22.3 Å². The third-order valence-corrected chi connectivity index (χ3v) is 14.6. The Morgan fingerprint density at radius 3 is 1.87 bits per heavy atom. The summed E-state index contributed by atoms with van der Waals surface area (Å²) in [7, 11) is 0. The van der Waals surface area contributed by atoms with Crippen LogP contribution in [0.2, 0.25) is 0 Å². The van der Waals surface area contributed by atoms with Gasteiger partial charge >= 0.3 is 0 Å². The van der Waals surface area contributed by atoms with Gasteiger partial charge in [-0.1, -0.05) is 129 Å². The van der Waals surface area contributed by atoms with Gasteiger partial charge in [-0.3, -0.25) is 0 Å². The number of fused-ring (bicyclic) bond motifs is 9. The normalized spacial score (nSPS) is 25.3. The Labute approximate surface area is 306 Å². The summed E-state index contributed by atoms with van der Waals surface area (Å²) in [6.45, 7) is 4.81. The van der Waals surface area contributed by atoms with Crippen molar-refractivity contribution in [2.75, 3.05) is 4.90 Å². The molecule has 4 saturated carbocycles. The van der Waals surface area contributed by atoms with E-state index in [-0.39, 0.29) is 10.8 Å². The number of anilines is 3. The fraction of sp³-hybridized carbons (Fsp3) is 0.255. The first-order valence-electron chi connectivity index (χ1n) is 19.7. The first-order chi connectivity index (χ1) is 25.5. The zero-order valence-corrected chi connectivity index (χ0v) is 30.1. The van der Waals surface area contributed by atoms with Crippen LogP contribution in [0.5, 0.6) is 0 Å². The maximum Gasteiger partial charge on any atom is 0.0546 e. The van der Waals surface area contributed by atoms with Crippen molar-refractivity contribution in [3.63, 3.8) is 0 Å². The van der Waals surface area contributed by atoms with Crippen molar-refractivity contribution in [1.29, 1.82) is 0 Å². The van der Waals surface area contributed by atoms with E-state index in [9.17, 15) is 0 Å². The Morgan fingerprint density at radius 2 is 1.08 bits per heavy atom.